The van der Waals surface area contributed by atoms with E-state index in [1.165, 1.54) is 0 Å². The number of aryl methyl sites for hydroxylation is 3. The van der Waals surface area contributed by atoms with Gasteiger partial charge in [-0.05, 0) is 45.4 Å². The van der Waals surface area contributed by atoms with Gasteiger partial charge >= 0.3 is 0 Å². The van der Waals surface area contributed by atoms with Gasteiger partial charge in [-0.3, -0.25) is 14.5 Å². The van der Waals surface area contributed by atoms with Crippen molar-refractivity contribution >= 4 is 11.7 Å². The van der Waals surface area contributed by atoms with E-state index in [0.717, 1.165) is 28.7 Å². The van der Waals surface area contributed by atoms with E-state index in [9.17, 15) is 9.59 Å². The molecule has 21 heavy (non-hydrogen) atoms. The summed E-state index contributed by atoms with van der Waals surface area (Å²) in [5.41, 5.74) is 3.94. The zero-order valence-corrected chi connectivity index (χ0v) is 13.7. The smallest absolute Gasteiger partial charge is 0.234 e. The van der Waals surface area contributed by atoms with Crippen LogP contribution in [0.2, 0.25) is 0 Å². The Bertz CT molecular complexity index is 501. The molecule has 4 heteroatoms. The van der Waals surface area contributed by atoms with Crippen molar-refractivity contribution in [3.8, 4) is 0 Å². The molecule has 1 aromatic carbocycles. The minimum Gasteiger partial charge on any atom is -0.355 e. The summed E-state index contributed by atoms with van der Waals surface area (Å²) in [4.78, 5) is 25.8. The molecule has 1 rings (SSSR count). The third-order valence-corrected chi connectivity index (χ3v) is 3.36. The molecule has 0 saturated heterocycles. The van der Waals surface area contributed by atoms with Gasteiger partial charge in [0.2, 0.25) is 5.91 Å². The Balaban J connectivity index is 2.67. The third kappa shape index (κ3) is 5.31. The van der Waals surface area contributed by atoms with Crippen LogP contribution >= 0.6 is 0 Å². The van der Waals surface area contributed by atoms with E-state index >= 15 is 0 Å². The van der Waals surface area contributed by atoms with Gasteiger partial charge < -0.3 is 5.32 Å². The van der Waals surface area contributed by atoms with E-state index in [2.05, 4.69) is 5.32 Å². The maximum atomic E-state index is 12.4. The molecular formula is C17H26N2O2. The van der Waals surface area contributed by atoms with Crippen molar-refractivity contribution in [3.05, 3.63) is 34.4 Å². The fourth-order valence-corrected chi connectivity index (χ4v) is 2.57. The summed E-state index contributed by atoms with van der Waals surface area (Å²) in [6, 6.07) is 4.04. The van der Waals surface area contributed by atoms with Gasteiger partial charge in [-0.25, -0.2) is 0 Å². The Morgan fingerprint density at radius 2 is 1.67 bits per heavy atom. The lowest BCUT2D eigenvalue weighted by atomic mass is 9.96. The number of nitrogens with one attached hydrogen (secondary N) is 1. The van der Waals surface area contributed by atoms with Crippen molar-refractivity contribution in [2.75, 3.05) is 26.7 Å². The average molecular weight is 290 g/mol. The van der Waals surface area contributed by atoms with E-state index in [1.54, 1.807) is 11.9 Å². The van der Waals surface area contributed by atoms with Crippen molar-refractivity contribution in [2.24, 2.45) is 0 Å². The fraction of sp³-hybridized carbons (Fsp3) is 0.529. The Morgan fingerprint density at radius 3 is 2.19 bits per heavy atom. The highest BCUT2D eigenvalue weighted by Gasteiger charge is 2.16. The van der Waals surface area contributed by atoms with Crippen LogP contribution in [0.25, 0.3) is 0 Å². The Morgan fingerprint density at radius 1 is 1.10 bits per heavy atom. The number of carbonyl (C=O) groups excluding carboxylic acids is 2. The minimum atomic E-state index is -0.0375. The second kappa shape index (κ2) is 7.93. The number of hydrogen-bond acceptors (Lipinski definition) is 3. The first-order valence-corrected chi connectivity index (χ1v) is 7.41. The molecule has 1 aromatic rings. The first-order chi connectivity index (χ1) is 9.85. The third-order valence-electron chi connectivity index (χ3n) is 3.36. The number of rotatable bonds is 7. The first kappa shape index (κ1) is 17.4. The highest BCUT2D eigenvalue weighted by molar-refractivity contribution is 6.00. The largest absolute Gasteiger partial charge is 0.355 e. The number of Topliss-reactive ketones (excluding diaryl/α,β-unsaturated/α-hetero) is 1. The molecule has 116 valence electrons. The van der Waals surface area contributed by atoms with Crippen LogP contribution in [0, 0.1) is 20.8 Å². The summed E-state index contributed by atoms with van der Waals surface area (Å²) >= 11 is 0. The van der Waals surface area contributed by atoms with Gasteiger partial charge in [0.25, 0.3) is 0 Å². The summed E-state index contributed by atoms with van der Waals surface area (Å²) < 4.78 is 0. The number of nitrogens with zero attached hydrogens (tertiary/aromatic N) is 1. The van der Waals surface area contributed by atoms with Gasteiger partial charge in [-0.15, -0.1) is 0 Å². The van der Waals surface area contributed by atoms with E-state index in [1.807, 2.05) is 39.8 Å². The lowest BCUT2D eigenvalue weighted by Crippen LogP contribution is -2.38. The molecule has 0 fully saturated rings. The highest BCUT2D eigenvalue weighted by atomic mass is 16.2. The molecule has 0 atom stereocenters. The Labute approximate surface area is 127 Å². The second-order valence-electron chi connectivity index (χ2n) is 5.72. The van der Waals surface area contributed by atoms with Crippen molar-refractivity contribution in [1.29, 1.82) is 0 Å². The Kier molecular flexibility index (Phi) is 6.56. The summed E-state index contributed by atoms with van der Waals surface area (Å²) in [5, 5.41) is 2.81. The molecule has 0 heterocycles. The van der Waals surface area contributed by atoms with Gasteiger partial charge in [0.05, 0.1) is 13.1 Å². The van der Waals surface area contributed by atoms with Crippen LogP contribution in [0.1, 0.15) is 40.4 Å². The second-order valence-corrected chi connectivity index (χ2v) is 5.72. The molecular weight excluding hydrogens is 264 g/mol. The van der Waals surface area contributed by atoms with Crippen LogP contribution in [0.5, 0.6) is 0 Å². The predicted molar refractivity (Wildman–Crippen MR) is 85.8 cm³/mol. The number of carbonyl (C=O) groups is 2. The topological polar surface area (TPSA) is 49.4 Å². The van der Waals surface area contributed by atoms with Gasteiger partial charge in [-0.1, -0.05) is 24.6 Å². The maximum Gasteiger partial charge on any atom is 0.234 e. The van der Waals surface area contributed by atoms with Gasteiger partial charge in [0, 0.05) is 12.1 Å². The van der Waals surface area contributed by atoms with Crippen LogP contribution in [-0.4, -0.2) is 43.3 Å². The number of ketones is 1. The average Bonchev–Trinajstić information content (AvgIpc) is 2.34. The van der Waals surface area contributed by atoms with E-state index < -0.39 is 0 Å². The molecule has 0 aromatic heterocycles. The van der Waals surface area contributed by atoms with Crippen LogP contribution in [0.15, 0.2) is 12.1 Å². The highest BCUT2D eigenvalue weighted by Crippen LogP contribution is 2.17. The molecule has 1 amide bonds. The molecule has 0 aliphatic rings. The van der Waals surface area contributed by atoms with E-state index in [4.69, 9.17) is 0 Å². The summed E-state index contributed by atoms with van der Waals surface area (Å²) in [5.74, 6) is 0.0280. The predicted octanol–water partition coefficient (Wildman–Crippen LogP) is 2.25. The molecule has 0 unspecified atom stereocenters. The van der Waals surface area contributed by atoms with Crippen LogP contribution < -0.4 is 5.32 Å². The molecule has 0 radical (unpaired) electrons. The quantitative estimate of drug-likeness (QED) is 0.784. The van der Waals surface area contributed by atoms with Crippen molar-refractivity contribution in [3.63, 3.8) is 0 Å². The van der Waals surface area contributed by atoms with Crippen molar-refractivity contribution in [1.82, 2.24) is 10.2 Å². The number of hydrogen-bond donors (Lipinski definition) is 1. The normalized spacial score (nSPS) is 10.8. The number of amides is 1. The minimum absolute atomic E-state index is 0.0375. The molecule has 0 saturated carbocycles. The van der Waals surface area contributed by atoms with Gasteiger partial charge in [-0.2, -0.15) is 0 Å². The lowest BCUT2D eigenvalue weighted by molar-refractivity contribution is -0.121. The summed E-state index contributed by atoms with van der Waals surface area (Å²) in [6.45, 7) is 9.13. The standard InChI is InChI=1S/C17H26N2O2/c1-6-7-18-16(21)11-19(5)10-15(20)17-13(3)8-12(2)9-14(17)4/h8-9H,6-7,10-11H2,1-5H3,(H,18,21). The van der Waals surface area contributed by atoms with Crippen molar-refractivity contribution < 1.29 is 9.59 Å². The lowest BCUT2D eigenvalue weighted by Gasteiger charge is -2.17. The van der Waals surface area contributed by atoms with E-state index in [0.29, 0.717) is 6.54 Å². The number of likely N-dealkylation sites (N-methyl/N-ethyl adjacent to an activating group) is 1. The molecule has 4 nitrogen and oxygen atoms in total. The SMILES string of the molecule is CCCNC(=O)CN(C)CC(=O)c1c(C)cc(C)cc1C. The van der Waals surface area contributed by atoms with Crippen molar-refractivity contribution in [2.45, 2.75) is 34.1 Å². The molecule has 0 bridgehead atoms. The monoisotopic (exact) mass is 290 g/mol. The van der Waals surface area contributed by atoms with Crippen LogP contribution in [-0.2, 0) is 4.79 Å². The molecule has 0 spiro atoms. The summed E-state index contributed by atoms with van der Waals surface area (Å²) in [7, 11) is 1.79. The van der Waals surface area contributed by atoms with Gasteiger partial charge in [0.1, 0.15) is 0 Å². The molecule has 0 aliphatic carbocycles. The number of benzene rings is 1. The zero-order valence-electron chi connectivity index (χ0n) is 13.7. The zero-order chi connectivity index (χ0) is 16.0. The maximum absolute atomic E-state index is 12.4. The van der Waals surface area contributed by atoms with Crippen LogP contribution in [0.3, 0.4) is 0 Å². The van der Waals surface area contributed by atoms with E-state index in [-0.39, 0.29) is 24.8 Å². The molecule has 0 aliphatic heterocycles. The fourth-order valence-electron chi connectivity index (χ4n) is 2.57. The molecule has 1 N–H and O–H groups in total. The first-order valence-electron chi connectivity index (χ1n) is 7.41. The Hall–Kier alpha value is -1.68. The van der Waals surface area contributed by atoms with Crippen LogP contribution in [0.4, 0.5) is 0 Å². The van der Waals surface area contributed by atoms with Gasteiger partial charge in [0.15, 0.2) is 5.78 Å². The summed E-state index contributed by atoms with van der Waals surface area (Å²) in [6.07, 6.45) is 0.913.